The standard InChI is InChI=1S/C9H13NO3/c1-13-6-2-3-7(8(10)5-11)9(12)4-6/h2-4,8,11-12H,5,10H2,1H3. The molecule has 0 aliphatic carbocycles. The third-order valence-corrected chi connectivity index (χ3v) is 1.83. The first kappa shape index (κ1) is 9.83. The van der Waals surface area contributed by atoms with Crippen LogP contribution in [0.15, 0.2) is 18.2 Å². The predicted octanol–water partition coefficient (Wildman–Crippen LogP) is 0.393. The van der Waals surface area contributed by atoms with Gasteiger partial charge in [-0.15, -0.1) is 0 Å². The minimum absolute atomic E-state index is 0.0425. The molecular formula is C9H13NO3. The molecule has 72 valence electrons. The fraction of sp³-hybridized carbons (Fsp3) is 0.333. The lowest BCUT2D eigenvalue weighted by molar-refractivity contribution is 0.265. The van der Waals surface area contributed by atoms with Gasteiger partial charge >= 0.3 is 0 Å². The van der Waals surface area contributed by atoms with Crippen molar-refractivity contribution in [3.63, 3.8) is 0 Å². The second-order valence-corrected chi connectivity index (χ2v) is 2.71. The van der Waals surface area contributed by atoms with Crippen LogP contribution in [0.1, 0.15) is 11.6 Å². The monoisotopic (exact) mass is 183 g/mol. The number of methoxy groups -OCH3 is 1. The number of phenols is 1. The SMILES string of the molecule is COc1ccc(C(N)CO)c(O)c1. The minimum Gasteiger partial charge on any atom is -0.507 e. The Morgan fingerprint density at radius 3 is 2.69 bits per heavy atom. The van der Waals surface area contributed by atoms with Crippen molar-refractivity contribution in [2.45, 2.75) is 6.04 Å². The highest BCUT2D eigenvalue weighted by atomic mass is 16.5. The zero-order valence-corrected chi connectivity index (χ0v) is 7.40. The highest BCUT2D eigenvalue weighted by Gasteiger charge is 2.09. The normalized spacial score (nSPS) is 12.5. The van der Waals surface area contributed by atoms with Crippen LogP contribution in [0.4, 0.5) is 0 Å². The molecule has 4 heteroatoms. The molecule has 0 saturated heterocycles. The van der Waals surface area contributed by atoms with Gasteiger partial charge in [-0.05, 0) is 12.1 Å². The molecule has 0 heterocycles. The van der Waals surface area contributed by atoms with E-state index in [1.807, 2.05) is 0 Å². The van der Waals surface area contributed by atoms with Gasteiger partial charge in [0.25, 0.3) is 0 Å². The number of aromatic hydroxyl groups is 1. The molecule has 1 unspecified atom stereocenters. The summed E-state index contributed by atoms with van der Waals surface area (Å²) in [5.41, 5.74) is 6.05. The Hall–Kier alpha value is -1.26. The van der Waals surface area contributed by atoms with Crippen molar-refractivity contribution in [1.82, 2.24) is 0 Å². The van der Waals surface area contributed by atoms with Crippen LogP contribution >= 0.6 is 0 Å². The first-order valence-electron chi connectivity index (χ1n) is 3.92. The molecule has 13 heavy (non-hydrogen) atoms. The Labute approximate surface area is 76.6 Å². The molecule has 1 atom stereocenters. The summed E-state index contributed by atoms with van der Waals surface area (Å²) < 4.78 is 4.90. The maximum Gasteiger partial charge on any atom is 0.124 e. The summed E-state index contributed by atoms with van der Waals surface area (Å²) in [6.45, 7) is -0.195. The van der Waals surface area contributed by atoms with E-state index in [1.165, 1.54) is 13.2 Å². The summed E-state index contributed by atoms with van der Waals surface area (Å²) in [7, 11) is 1.51. The maximum absolute atomic E-state index is 9.45. The fourth-order valence-corrected chi connectivity index (χ4v) is 1.06. The second-order valence-electron chi connectivity index (χ2n) is 2.71. The van der Waals surface area contributed by atoms with Crippen molar-refractivity contribution in [1.29, 1.82) is 0 Å². The van der Waals surface area contributed by atoms with Crippen LogP contribution in [0.2, 0.25) is 0 Å². The average Bonchev–Trinajstić information content (AvgIpc) is 2.16. The minimum atomic E-state index is -0.550. The first-order chi connectivity index (χ1) is 6.19. The first-order valence-corrected chi connectivity index (χ1v) is 3.92. The fourth-order valence-electron chi connectivity index (χ4n) is 1.06. The number of benzene rings is 1. The van der Waals surface area contributed by atoms with Gasteiger partial charge in [-0.1, -0.05) is 0 Å². The van der Waals surface area contributed by atoms with Crippen molar-refractivity contribution >= 4 is 0 Å². The van der Waals surface area contributed by atoms with Crippen molar-refractivity contribution in [3.05, 3.63) is 23.8 Å². The van der Waals surface area contributed by atoms with E-state index in [2.05, 4.69) is 0 Å². The zero-order valence-electron chi connectivity index (χ0n) is 7.40. The molecule has 0 radical (unpaired) electrons. The lowest BCUT2D eigenvalue weighted by atomic mass is 10.1. The van der Waals surface area contributed by atoms with E-state index >= 15 is 0 Å². The van der Waals surface area contributed by atoms with Gasteiger partial charge in [-0.2, -0.15) is 0 Å². The number of phenolic OH excluding ortho intramolecular Hbond substituents is 1. The molecule has 0 amide bonds. The van der Waals surface area contributed by atoms with Crippen LogP contribution < -0.4 is 10.5 Å². The lowest BCUT2D eigenvalue weighted by Crippen LogP contribution is -2.14. The van der Waals surface area contributed by atoms with Gasteiger partial charge in [0.15, 0.2) is 0 Å². The van der Waals surface area contributed by atoms with E-state index in [0.29, 0.717) is 11.3 Å². The molecule has 0 spiro atoms. The number of aliphatic hydroxyl groups is 1. The predicted molar refractivity (Wildman–Crippen MR) is 48.7 cm³/mol. The average molecular weight is 183 g/mol. The van der Waals surface area contributed by atoms with E-state index in [4.69, 9.17) is 15.6 Å². The van der Waals surface area contributed by atoms with Gasteiger partial charge in [0.2, 0.25) is 0 Å². The Balaban J connectivity index is 2.98. The van der Waals surface area contributed by atoms with E-state index in [9.17, 15) is 5.11 Å². The molecular weight excluding hydrogens is 170 g/mol. The van der Waals surface area contributed by atoms with Crippen LogP contribution in [0.3, 0.4) is 0 Å². The highest BCUT2D eigenvalue weighted by Crippen LogP contribution is 2.26. The van der Waals surface area contributed by atoms with Crippen LogP contribution in [-0.4, -0.2) is 23.9 Å². The van der Waals surface area contributed by atoms with Crippen molar-refractivity contribution in [2.75, 3.05) is 13.7 Å². The largest absolute Gasteiger partial charge is 0.507 e. The Bertz CT molecular complexity index is 288. The Morgan fingerprint density at radius 2 is 2.23 bits per heavy atom. The van der Waals surface area contributed by atoms with Crippen molar-refractivity contribution in [3.8, 4) is 11.5 Å². The van der Waals surface area contributed by atoms with E-state index in [-0.39, 0.29) is 12.4 Å². The van der Waals surface area contributed by atoms with Gasteiger partial charge in [0.1, 0.15) is 11.5 Å². The van der Waals surface area contributed by atoms with Gasteiger partial charge in [0, 0.05) is 11.6 Å². The molecule has 0 bridgehead atoms. The molecule has 0 saturated carbocycles. The molecule has 4 N–H and O–H groups in total. The number of aliphatic hydroxyl groups excluding tert-OH is 1. The maximum atomic E-state index is 9.45. The smallest absolute Gasteiger partial charge is 0.124 e. The van der Waals surface area contributed by atoms with E-state index in [0.717, 1.165) is 0 Å². The molecule has 4 nitrogen and oxygen atoms in total. The second kappa shape index (κ2) is 4.11. The number of nitrogens with two attached hydrogens (primary N) is 1. The number of ether oxygens (including phenoxy) is 1. The zero-order chi connectivity index (χ0) is 9.84. The summed E-state index contributed by atoms with van der Waals surface area (Å²) in [6.07, 6.45) is 0. The van der Waals surface area contributed by atoms with Crippen LogP contribution in [0.25, 0.3) is 0 Å². The van der Waals surface area contributed by atoms with Crippen LogP contribution in [0.5, 0.6) is 11.5 Å². The molecule has 0 aliphatic heterocycles. The summed E-state index contributed by atoms with van der Waals surface area (Å²) >= 11 is 0. The molecule has 1 aromatic rings. The van der Waals surface area contributed by atoms with Gasteiger partial charge in [-0.3, -0.25) is 0 Å². The van der Waals surface area contributed by atoms with Gasteiger partial charge in [-0.25, -0.2) is 0 Å². The summed E-state index contributed by atoms with van der Waals surface area (Å²) in [5.74, 6) is 0.604. The summed E-state index contributed by atoms with van der Waals surface area (Å²) in [5, 5.41) is 18.2. The molecule has 0 aromatic heterocycles. The Morgan fingerprint density at radius 1 is 1.54 bits per heavy atom. The molecule has 1 rings (SSSR count). The summed E-state index contributed by atoms with van der Waals surface area (Å²) in [6, 6.07) is 4.23. The topological polar surface area (TPSA) is 75.7 Å². The number of hydrogen-bond donors (Lipinski definition) is 3. The number of rotatable bonds is 3. The van der Waals surface area contributed by atoms with Crippen molar-refractivity contribution in [2.24, 2.45) is 5.73 Å². The highest BCUT2D eigenvalue weighted by molar-refractivity contribution is 5.41. The molecule has 0 fully saturated rings. The summed E-state index contributed by atoms with van der Waals surface area (Å²) in [4.78, 5) is 0. The van der Waals surface area contributed by atoms with Crippen molar-refractivity contribution < 1.29 is 14.9 Å². The van der Waals surface area contributed by atoms with E-state index < -0.39 is 6.04 Å². The van der Waals surface area contributed by atoms with E-state index in [1.54, 1.807) is 12.1 Å². The van der Waals surface area contributed by atoms with Gasteiger partial charge in [0.05, 0.1) is 19.8 Å². The molecule has 1 aromatic carbocycles. The Kier molecular flexibility index (Phi) is 3.11. The van der Waals surface area contributed by atoms with Crippen LogP contribution in [-0.2, 0) is 0 Å². The van der Waals surface area contributed by atoms with Crippen LogP contribution in [0, 0.1) is 0 Å². The van der Waals surface area contributed by atoms with Gasteiger partial charge < -0.3 is 20.7 Å². The lowest BCUT2D eigenvalue weighted by Gasteiger charge is -2.11. The number of hydrogen-bond acceptors (Lipinski definition) is 4. The third-order valence-electron chi connectivity index (χ3n) is 1.83. The third kappa shape index (κ3) is 2.11. The quantitative estimate of drug-likeness (QED) is 0.633. The molecule has 0 aliphatic rings.